The molecule has 4 aromatic rings. The van der Waals surface area contributed by atoms with Crippen molar-refractivity contribution in [3.63, 3.8) is 0 Å². The molecule has 2 fully saturated rings. The number of methoxy groups -OCH3 is 2. The van der Waals surface area contributed by atoms with E-state index in [2.05, 4.69) is 37.6 Å². The quantitative estimate of drug-likeness (QED) is 0.0180. The summed E-state index contributed by atoms with van der Waals surface area (Å²) in [5.41, 5.74) is 2.76. The second kappa shape index (κ2) is 26.9. The maximum absolute atomic E-state index is 13.6. The molecule has 450 valence electrons. The van der Waals surface area contributed by atoms with Crippen LogP contribution >= 0.6 is 21.6 Å². The standard InChI is InChI=1S/C62H80F9NO7S2/c1-55(2,81-80-37-13-8-7-10-16-42(40-73)41-78-58(44-17-11-9-12-18-44,45-21-25-47(74-5)26-22-45)46-23-27-48(75-6)28-24-46)34-36-76-53-38-43-20-29-50-49(30-33-56(3)31-14-19-52(50)56)51(43)39-54(53)79-57(4,72)32-15-35-77-59(60(63,64)65,61(66,67)68)62(69,70)71/h9,11-12,17-18,21-28,38-39,42,49-50,52,73H,7-8,10,13-16,19-20,29-37,40-41,72H2,1-6H3. The predicted molar refractivity (Wildman–Crippen MR) is 301 cm³/mol. The molecule has 3 aliphatic rings. The molecule has 2 saturated carbocycles. The number of aliphatic hydroxyl groups is 1. The van der Waals surface area contributed by atoms with E-state index in [9.17, 15) is 44.6 Å². The van der Waals surface area contributed by atoms with Crippen LogP contribution in [0.3, 0.4) is 0 Å². The second-order valence-corrected chi connectivity index (χ2v) is 26.5. The molecule has 3 N–H and O–H groups in total. The van der Waals surface area contributed by atoms with Gasteiger partial charge in [-0.3, -0.25) is 5.73 Å². The molecule has 19 heteroatoms. The Morgan fingerprint density at radius 1 is 0.679 bits per heavy atom. The average Bonchev–Trinajstić information content (AvgIpc) is 3.83. The summed E-state index contributed by atoms with van der Waals surface area (Å²) in [6.45, 7) is 7.08. The molecule has 6 atom stereocenters. The second-order valence-electron chi connectivity index (χ2n) is 23.4. The van der Waals surface area contributed by atoms with Crippen LogP contribution in [-0.4, -0.2) is 86.1 Å². The molecule has 0 amide bonds. The Labute approximate surface area is 479 Å². The number of aryl methyl sites for hydroxylation is 1. The van der Waals surface area contributed by atoms with Crippen LogP contribution in [0.2, 0.25) is 0 Å². The van der Waals surface area contributed by atoms with Crippen LogP contribution in [-0.2, 0) is 21.5 Å². The van der Waals surface area contributed by atoms with E-state index < -0.39 is 54.9 Å². The Balaban J connectivity index is 0.918. The van der Waals surface area contributed by atoms with E-state index in [-0.39, 0.29) is 35.5 Å². The fraction of sp³-hybridized carbons (Fsp3) is 0.613. The van der Waals surface area contributed by atoms with Crippen molar-refractivity contribution in [2.24, 2.45) is 28.9 Å². The van der Waals surface area contributed by atoms with Crippen LogP contribution in [0.25, 0.3) is 0 Å². The normalized spacial score (nSPS) is 20.9. The fourth-order valence-electron chi connectivity index (χ4n) is 12.6. The molecule has 0 spiro atoms. The lowest BCUT2D eigenvalue weighted by Gasteiger charge is -2.49. The van der Waals surface area contributed by atoms with Gasteiger partial charge in [0.15, 0.2) is 17.2 Å². The van der Waals surface area contributed by atoms with E-state index in [4.69, 9.17) is 29.4 Å². The summed E-state index contributed by atoms with van der Waals surface area (Å²) in [7, 11) is 6.83. The lowest BCUT2D eigenvalue weighted by atomic mass is 9.56. The smallest absolute Gasteiger partial charge is 0.435 e. The zero-order valence-electron chi connectivity index (χ0n) is 47.3. The first-order valence-corrected chi connectivity index (χ1v) is 30.6. The van der Waals surface area contributed by atoms with Gasteiger partial charge in [-0.05, 0) is 172 Å². The first kappa shape index (κ1) is 64.5. The summed E-state index contributed by atoms with van der Waals surface area (Å²) in [5.74, 6) is 4.26. The van der Waals surface area contributed by atoms with Crippen LogP contribution in [0.4, 0.5) is 39.5 Å². The third-order valence-electron chi connectivity index (χ3n) is 17.1. The number of halogens is 9. The Morgan fingerprint density at radius 2 is 1.28 bits per heavy atom. The number of aliphatic hydroxyl groups excluding tert-OH is 1. The number of alkyl halides is 9. The number of ether oxygens (including phenoxy) is 6. The van der Waals surface area contributed by atoms with Crippen molar-refractivity contribution in [3.05, 3.63) is 119 Å². The summed E-state index contributed by atoms with van der Waals surface area (Å²) in [5, 5.41) is 10.6. The Morgan fingerprint density at radius 3 is 1.88 bits per heavy atom. The lowest BCUT2D eigenvalue weighted by molar-refractivity contribution is -0.457. The molecule has 6 unspecified atom stereocenters. The summed E-state index contributed by atoms with van der Waals surface area (Å²) in [6.07, 6.45) is -8.75. The number of hydrogen-bond acceptors (Lipinski definition) is 10. The molecular formula is C62H80F9NO7S2. The van der Waals surface area contributed by atoms with E-state index >= 15 is 0 Å². The third-order valence-corrected chi connectivity index (χ3v) is 20.5. The SMILES string of the molecule is COc1ccc(C(OCC(CO)CCCCCCSSC(C)(C)CCOc2cc3c(cc2OC(C)(N)CCCOC(C(F)(F)F)(C(F)(F)F)C(F)(F)F)C2CCC4(C)CCCC4C2CC3)(c2ccccc2)c2ccc(OC)cc2)cc1. The van der Waals surface area contributed by atoms with Gasteiger partial charge in [0.25, 0.3) is 0 Å². The Kier molecular flexibility index (Phi) is 21.5. The third kappa shape index (κ3) is 15.1. The molecule has 4 aromatic carbocycles. The van der Waals surface area contributed by atoms with Gasteiger partial charge >= 0.3 is 24.1 Å². The Hall–Kier alpha value is -4.01. The van der Waals surface area contributed by atoms with Gasteiger partial charge in [-0.2, -0.15) is 39.5 Å². The van der Waals surface area contributed by atoms with Gasteiger partial charge in [0.1, 0.15) is 17.1 Å². The minimum atomic E-state index is -6.83. The van der Waals surface area contributed by atoms with Crippen LogP contribution < -0.4 is 24.7 Å². The number of rotatable bonds is 29. The van der Waals surface area contributed by atoms with E-state index in [1.165, 1.54) is 26.2 Å². The zero-order valence-corrected chi connectivity index (χ0v) is 48.9. The molecule has 0 aromatic heterocycles. The summed E-state index contributed by atoms with van der Waals surface area (Å²) >= 11 is 0. The molecule has 0 bridgehead atoms. The number of nitrogens with two attached hydrogens (primary N) is 1. The minimum absolute atomic E-state index is 0.0172. The number of fused-ring (bicyclic) bond motifs is 5. The van der Waals surface area contributed by atoms with Crippen molar-refractivity contribution in [2.75, 3.05) is 46.4 Å². The monoisotopic (exact) mass is 1190 g/mol. The Bertz CT molecular complexity index is 2520. The molecule has 8 nitrogen and oxygen atoms in total. The van der Waals surface area contributed by atoms with E-state index in [1.54, 1.807) is 35.8 Å². The predicted octanol–water partition coefficient (Wildman–Crippen LogP) is 16.7. The van der Waals surface area contributed by atoms with Crippen molar-refractivity contribution in [1.82, 2.24) is 0 Å². The highest BCUT2D eigenvalue weighted by atomic mass is 33.1. The molecule has 0 heterocycles. The summed E-state index contributed by atoms with van der Waals surface area (Å²) in [6, 6.07) is 29.7. The van der Waals surface area contributed by atoms with Crippen molar-refractivity contribution in [2.45, 2.75) is 170 Å². The highest BCUT2D eigenvalue weighted by molar-refractivity contribution is 8.77. The summed E-state index contributed by atoms with van der Waals surface area (Å²) < 4.78 is 156. The van der Waals surface area contributed by atoms with Gasteiger partial charge in [0, 0.05) is 36.1 Å². The van der Waals surface area contributed by atoms with Crippen LogP contribution in [0.1, 0.15) is 151 Å². The molecule has 0 aliphatic heterocycles. The maximum atomic E-state index is 13.6. The topological polar surface area (TPSA) is 102 Å². The minimum Gasteiger partial charge on any atom is -0.497 e. The van der Waals surface area contributed by atoms with E-state index in [1.807, 2.05) is 78.9 Å². The van der Waals surface area contributed by atoms with Gasteiger partial charge in [-0.1, -0.05) is 109 Å². The summed E-state index contributed by atoms with van der Waals surface area (Å²) in [4.78, 5) is 0. The van der Waals surface area contributed by atoms with Crippen molar-refractivity contribution in [3.8, 4) is 23.0 Å². The molecule has 0 radical (unpaired) electrons. The number of benzene rings is 4. The first-order valence-electron chi connectivity index (χ1n) is 28.2. The number of hydrogen-bond donors (Lipinski definition) is 2. The van der Waals surface area contributed by atoms with Crippen LogP contribution in [0.15, 0.2) is 91.0 Å². The van der Waals surface area contributed by atoms with Gasteiger partial charge in [0.05, 0.1) is 27.4 Å². The van der Waals surface area contributed by atoms with Crippen LogP contribution in [0, 0.1) is 23.2 Å². The van der Waals surface area contributed by atoms with Gasteiger partial charge in [-0.15, -0.1) is 0 Å². The van der Waals surface area contributed by atoms with E-state index in [0.29, 0.717) is 36.0 Å². The lowest BCUT2D eigenvalue weighted by Crippen LogP contribution is -2.67. The van der Waals surface area contributed by atoms with E-state index in [0.717, 1.165) is 103 Å². The average molecular weight is 1190 g/mol. The highest BCUT2D eigenvalue weighted by Gasteiger charge is 2.85. The van der Waals surface area contributed by atoms with Gasteiger partial charge in [0.2, 0.25) is 0 Å². The fourth-order valence-corrected chi connectivity index (χ4v) is 15.3. The van der Waals surface area contributed by atoms with Crippen molar-refractivity contribution < 1.29 is 73.0 Å². The molecule has 7 rings (SSSR count). The first-order chi connectivity index (χ1) is 38.2. The molecule has 0 saturated heterocycles. The molecule has 81 heavy (non-hydrogen) atoms. The van der Waals surface area contributed by atoms with Gasteiger partial charge < -0.3 is 33.5 Å². The van der Waals surface area contributed by atoms with Crippen LogP contribution in [0.5, 0.6) is 23.0 Å². The van der Waals surface area contributed by atoms with Gasteiger partial charge in [-0.25, -0.2) is 0 Å². The molecule has 3 aliphatic carbocycles. The molecular weight excluding hydrogens is 1110 g/mol. The largest absolute Gasteiger partial charge is 0.497 e. The number of unbranched alkanes of at least 4 members (excludes halogenated alkanes) is 3. The maximum Gasteiger partial charge on any atom is 0.435 e. The highest BCUT2D eigenvalue weighted by Crippen LogP contribution is 2.62. The zero-order chi connectivity index (χ0) is 58.9. The van der Waals surface area contributed by atoms with Crippen molar-refractivity contribution >= 4 is 21.6 Å². The van der Waals surface area contributed by atoms with Crippen molar-refractivity contribution in [1.29, 1.82) is 0 Å².